The molecular weight excluding hydrogens is 506 g/mol. The van der Waals surface area contributed by atoms with Gasteiger partial charge in [0.05, 0.1) is 5.39 Å². The zero-order valence-corrected chi connectivity index (χ0v) is 22.1. The Hall–Kier alpha value is -3.83. The first-order chi connectivity index (χ1) is 18.5. The molecule has 1 aromatic carbocycles. The molecule has 1 amide bonds. The molecule has 39 heavy (non-hydrogen) atoms. The summed E-state index contributed by atoms with van der Waals surface area (Å²) in [6.07, 6.45) is 2.29. The molecule has 2 atom stereocenters. The maximum Gasteiger partial charge on any atom is 0.336 e. The molecule has 5 heterocycles. The van der Waals surface area contributed by atoms with Crippen LogP contribution in [0.4, 0.5) is 5.69 Å². The van der Waals surface area contributed by atoms with Gasteiger partial charge in [0.15, 0.2) is 6.61 Å². The fourth-order valence-electron chi connectivity index (χ4n) is 6.25. The van der Waals surface area contributed by atoms with Crippen molar-refractivity contribution in [1.29, 1.82) is 0 Å². The summed E-state index contributed by atoms with van der Waals surface area (Å²) in [6.45, 7) is 6.82. The lowest BCUT2D eigenvalue weighted by molar-refractivity contribution is -0.136. The first kappa shape index (κ1) is 25.4. The van der Waals surface area contributed by atoms with Crippen LogP contribution in [0.1, 0.15) is 49.4 Å². The minimum Gasteiger partial charge on any atom is -0.733 e. The smallest absolute Gasteiger partial charge is 0.336 e. The number of piperidine rings is 1. The van der Waals surface area contributed by atoms with Gasteiger partial charge in [-0.25, -0.2) is 4.79 Å². The molecule has 3 aliphatic heterocycles. The molecule has 3 aliphatic rings. The summed E-state index contributed by atoms with van der Waals surface area (Å²) in [5.74, 6) is 0.773. The minimum absolute atomic E-state index is 0.0312. The Morgan fingerprint density at radius 3 is 2.79 bits per heavy atom. The van der Waals surface area contributed by atoms with Gasteiger partial charge >= 0.3 is 5.63 Å². The predicted octanol–water partition coefficient (Wildman–Crippen LogP) is 3.08. The van der Waals surface area contributed by atoms with E-state index in [2.05, 4.69) is 0 Å². The van der Waals surface area contributed by atoms with Gasteiger partial charge in [-0.3, -0.25) is 14.8 Å². The summed E-state index contributed by atoms with van der Waals surface area (Å²) < 4.78 is 19.4. The van der Waals surface area contributed by atoms with Crippen molar-refractivity contribution in [1.82, 2.24) is 9.47 Å². The molecule has 0 aliphatic carbocycles. The van der Waals surface area contributed by atoms with Gasteiger partial charge in [-0.05, 0) is 63.6 Å². The quantitative estimate of drug-likeness (QED) is 0.394. The second kappa shape index (κ2) is 9.13. The van der Waals surface area contributed by atoms with Crippen LogP contribution >= 0.6 is 0 Å². The van der Waals surface area contributed by atoms with Crippen LogP contribution in [0.25, 0.3) is 11.0 Å². The number of rotatable bonds is 4. The van der Waals surface area contributed by atoms with Gasteiger partial charge in [0.2, 0.25) is 0 Å². The lowest BCUT2D eigenvalue weighted by Gasteiger charge is -2.43. The zero-order valence-electron chi connectivity index (χ0n) is 22.1. The van der Waals surface area contributed by atoms with Crippen LogP contribution < -0.4 is 25.9 Å². The predicted molar refractivity (Wildman–Crippen MR) is 142 cm³/mol. The number of carbonyl (C=O) groups excluding carboxylic acids is 1. The lowest BCUT2D eigenvalue weighted by Crippen LogP contribution is -2.50. The number of nitrogens with zero attached hydrogens (tertiary/aromatic N) is 3. The number of benzene rings is 1. The lowest BCUT2D eigenvalue weighted by atomic mass is 9.83. The molecule has 2 aromatic heterocycles. The largest absolute Gasteiger partial charge is 0.733 e. The number of anilines is 1. The van der Waals surface area contributed by atoms with Gasteiger partial charge in [0.1, 0.15) is 28.4 Å². The van der Waals surface area contributed by atoms with E-state index < -0.39 is 16.4 Å². The van der Waals surface area contributed by atoms with E-state index in [1.165, 1.54) is 16.7 Å². The SMILES string of the molecule is Cc1cc(=O)oc2c3c(cc(OCC(=O)N4C[C@@H]5C[C@H](C4)c4ccc(N([O-])O)c(=O)n4C5)c12)OC(C)(C)CC3. The highest BCUT2D eigenvalue weighted by molar-refractivity contribution is 5.91. The van der Waals surface area contributed by atoms with E-state index in [0.29, 0.717) is 54.1 Å². The van der Waals surface area contributed by atoms with Gasteiger partial charge < -0.3 is 33.8 Å². The molecule has 1 saturated heterocycles. The Morgan fingerprint density at radius 1 is 1.23 bits per heavy atom. The summed E-state index contributed by atoms with van der Waals surface area (Å²) in [6, 6.07) is 6.18. The number of pyridine rings is 1. The van der Waals surface area contributed by atoms with Gasteiger partial charge in [-0.1, -0.05) is 0 Å². The van der Waals surface area contributed by atoms with E-state index in [-0.39, 0.29) is 35.6 Å². The highest BCUT2D eigenvalue weighted by Gasteiger charge is 2.37. The van der Waals surface area contributed by atoms with E-state index in [4.69, 9.17) is 13.9 Å². The summed E-state index contributed by atoms with van der Waals surface area (Å²) in [5.41, 5.74) is 1.01. The molecule has 1 N–H and O–H groups in total. The Bertz CT molecular complexity index is 1610. The Labute approximate surface area is 223 Å². The first-order valence-corrected chi connectivity index (χ1v) is 13.1. The third kappa shape index (κ3) is 4.45. The fraction of sp³-hybridized carbons (Fsp3) is 0.464. The van der Waals surface area contributed by atoms with Crippen LogP contribution in [0, 0.1) is 18.0 Å². The number of hydrogen-bond acceptors (Lipinski definition) is 9. The maximum absolute atomic E-state index is 13.3. The fourth-order valence-corrected chi connectivity index (χ4v) is 6.25. The molecule has 3 aromatic rings. The topological polar surface area (TPSA) is 138 Å². The minimum atomic E-state index is -0.533. The molecular formula is C28H30N3O8-. The molecule has 11 nitrogen and oxygen atoms in total. The van der Waals surface area contributed by atoms with Gasteiger partial charge in [0.25, 0.3) is 11.5 Å². The molecule has 0 spiro atoms. The van der Waals surface area contributed by atoms with Crippen LogP contribution in [0.2, 0.25) is 0 Å². The standard InChI is InChI=1S/C28H30N3O8/c1-15-8-24(33)38-26-18-6-7-28(2,3)39-21(18)10-22(25(15)26)37-14-23(32)29-11-16-9-17(13-29)19-4-5-20(31(35)36)27(34)30(19)12-16/h4-5,8,10,16-17,35H,6-7,9,11-14H2,1-3H3/q-1/t16-,17+/m0/s1. The van der Waals surface area contributed by atoms with E-state index in [1.54, 1.807) is 17.0 Å². The van der Waals surface area contributed by atoms with Crippen molar-refractivity contribution >= 4 is 22.6 Å². The van der Waals surface area contributed by atoms with Gasteiger partial charge in [-0.15, -0.1) is 0 Å². The summed E-state index contributed by atoms with van der Waals surface area (Å²) in [4.78, 5) is 40.0. The maximum atomic E-state index is 13.3. The zero-order chi connectivity index (χ0) is 27.6. The molecule has 1 fully saturated rings. The second-order valence-corrected chi connectivity index (χ2v) is 11.4. The number of hydrogen-bond donors (Lipinski definition) is 1. The van der Waals surface area contributed by atoms with E-state index in [9.17, 15) is 24.8 Å². The van der Waals surface area contributed by atoms with Crippen LogP contribution in [0.15, 0.2) is 38.3 Å². The number of carbonyl (C=O) groups is 1. The number of fused-ring (bicyclic) bond motifs is 7. The number of likely N-dealkylation sites (tertiary alicyclic amines) is 1. The Kier molecular flexibility index (Phi) is 5.96. The average Bonchev–Trinajstić information content (AvgIpc) is 2.86. The van der Waals surface area contributed by atoms with Gasteiger partial charge in [-0.2, -0.15) is 0 Å². The summed E-state index contributed by atoms with van der Waals surface area (Å²) in [7, 11) is 0. The normalized spacial score (nSPS) is 21.1. The highest BCUT2D eigenvalue weighted by atomic mass is 16.8. The highest BCUT2D eigenvalue weighted by Crippen LogP contribution is 2.43. The Morgan fingerprint density at radius 2 is 2.03 bits per heavy atom. The third-order valence-electron chi connectivity index (χ3n) is 8.10. The van der Waals surface area contributed by atoms with Crippen molar-refractivity contribution in [3.05, 3.63) is 67.1 Å². The van der Waals surface area contributed by atoms with Crippen molar-refractivity contribution < 1.29 is 23.9 Å². The van der Waals surface area contributed by atoms with Crippen LogP contribution in [0.5, 0.6) is 11.5 Å². The summed E-state index contributed by atoms with van der Waals surface area (Å²) >= 11 is 0. The van der Waals surface area contributed by atoms with Crippen molar-refractivity contribution in [2.75, 3.05) is 24.9 Å². The molecule has 0 saturated carbocycles. The van der Waals surface area contributed by atoms with Crippen molar-refractivity contribution in [3.8, 4) is 11.5 Å². The number of aromatic nitrogens is 1. The van der Waals surface area contributed by atoms with Crippen molar-refractivity contribution in [3.63, 3.8) is 0 Å². The van der Waals surface area contributed by atoms with Gasteiger partial charge in [0, 0.05) is 48.9 Å². The van der Waals surface area contributed by atoms with E-state index in [0.717, 1.165) is 24.1 Å². The summed E-state index contributed by atoms with van der Waals surface area (Å²) in [5, 5.41) is 20.8. The van der Waals surface area contributed by atoms with Crippen LogP contribution in [-0.4, -0.2) is 45.9 Å². The number of aryl methyl sites for hydroxylation is 2. The van der Waals surface area contributed by atoms with Crippen molar-refractivity contribution in [2.45, 2.75) is 58.1 Å². The average molecular weight is 537 g/mol. The molecule has 2 bridgehead atoms. The monoisotopic (exact) mass is 536 g/mol. The first-order valence-electron chi connectivity index (χ1n) is 13.1. The number of amides is 1. The van der Waals surface area contributed by atoms with Crippen LogP contribution in [0.3, 0.4) is 0 Å². The van der Waals surface area contributed by atoms with Crippen molar-refractivity contribution in [2.24, 2.45) is 5.92 Å². The Balaban J connectivity index is 1.25. The number of ether oxygens (including phenoxy) is 2. The molecule has 206 valence electrons. The van der Waals surface area contributed by atoms with E-state index >= 15 is 0 Å². The molecule has 6 rings (SSSR count). The molecule has 0 radical (unpaired) electrons. The van der Waals surface area contributed by atoms with E-state index in [1.807, 2.05) is 20.8 Å². The molecule has 0 unspecified atom stereocenters. The molecule has 11 heteroatoms. The van der Waals surface area contributed by atoms with Crippen LogP contribution in [-0.2, 0) is 17.8 Å². The third-order valence-corrected chi connectivity index (χ3v) is 8.10. The second-order valence-electron chi connectivity index (χ2n) is 11.4.